The summed E-state index contributed by atoms with van der Waals surface area (Å²) < 4.78 is 0. The predicted octanol–water partition coefficient (Wildman–Crippen LogP) is 2.25. The molecule has 2 unspecified atom stereocenters. The van der Waals surface area contributed by atoms with Crippen molar-refractivity contribution in [1.29, 1.82) is 0 Å². The number of carbonyl (C=O) groups is 1. The Morgan fingerprint density at radius 3 is 2.17 bits per heavy atom. The number of rotatable bonds is 3. The van der Waals surface area contributed by atoms with Crippen molar-refractivity contribution in [2.75, 3.05) is 20.6 Å². The molecule has 0 N–H and O–H groups in total. The van der Waals surface area contributed by atoms with Gasteiger partial charge in [0.25, 0.3) is 0 Å². The van der Waals surface area contributed by atoms with Gasteiger partial charge < -0.3 is 9.80 Å². The van der Waals surface area contributed by atoms with Crippen molar-refractivity contribution in [3.05, 3.63) is 0 Å². The van der Waals surface area contributed by atoms with Gasteiger partial charge in [0.2, 0.25) is 0 Å². The van der Waals surface area contributed by atoms with Gasteiger partial charge in [0.05, 0.1) is 0 Å². The van der Waals surface area contributed by atoms with Gasteiger partial charge in [0, 0.05) is 37.8 Å². The lowest BCUT2D eigenvalue weighted by atomic mass is 10.1. The molecule has 0 saturated carbocycles. The Balaban J connectivity index is 2.67. The molecule has 4 nitrogen and oxygen atoms in total. The molecule has 1 saturated heterocycles. The average Bonchev–Trinajstić information content (AvgIpc) is 2.67. The maximum Gasteiger partial charge on any atom is 0.320 e. The first kappa shape index (κ1) is 15.3. The number of likely N-dealkylation sites (N-methyl/N-ethyl adjacent to an activating group) is 1. The highest BCUT2D eigenvalue weighted by Crippen LogP contribution is 2.23. The molecule has 0 bridgehead atoms. The zero-order valence-corrected chi connectivity index (χ0v) is 13.0. The minimum Gasteiger partial charge on any atom is -0.325 e. The van der Waals surface area contributed by atoms with E-state index in [0.717, 1.165) is 13.0 Å². The maximum absolute atomic E-state index is 12.4. The molecule has 0 aromatic carbocycles. The van der Waals surface area contributed by atoms with E-state index in [1.54, 1.807) is 0 Å². The minimum atomic E-state index is 0.164. The lowest BCUT2D eigenvalue weighted by Crippen LogP contribution is -2.47. The van der Waals surface area contributed by atoms with Crippen molar-refractivity contribution < 1.29 is 4.79 Å². The summed E-state index contributed by atoms with van der Waals surface area (Å²) >= 11 is 0. The quantitative estimate of drug-likeness (QED) is 0.773. The first-order chi connectivity index (χ1) is 8.25. The van der Waals surface area contributed by atoms with Gasteiger partial charge in [-0.05, 0) is 48.1 Å². The second kappa shape index (κ2) is 5.91. The highest BCUT2D eigenvalue weighted by atomic mass is 16.2. The number of hydrogen-bond donors (Lipinski definition) is 0. The molecule has 1 rings (SSSR count). The third-order valence-corrected chi connectivity index (χ3v) is 4.27. The van der Waals surface area contributed by atoms with E-state index in [1.165, 1.54) is 0 Å². The zero-order chi connectivity index (χ0) is 14.0. The number of urea groups is 1. The Morgan fingerprint density at radius 2 is 1.72 bits per heavy atom. The van der Waals surface area contributed by atoms with Crippen LogP contribution in [0.3, 0.4) is 0 Å². The Kier molecular flexibility index (Phi) is 5.02. The summed E-state index contributed by atoms with van der Waals surface area (Å²) in [5.41, 5.74) is 0. The fourth-order valence-electron chi connectivity index (χ4n) is 2.41. The van der Waals surface area contributed by atoms with Crippen molar-refractivity contribution in [2.45, 2.75) is 65.2 Å². The van der Waals surface area contributed by atoms with Gasteiger partial charge in [0.1, 0.15) is 0 Å². The Bertz CT molecular complexity index is 291. The number of nitrogens with zero attached hydrogens (tertiary/aromatic N) is 3. The van der Waals surface area contributed by atoms with E-state index < -0.39 is 0 Å². The van der Waals surface area contributed by atoms with Crippen molar-refractivity contribution in [2.24, 2.45) is 0 Å². The van der Waals surface area contributed by atoms with E-state index in [9.17, 15) is 4.79 Å². The van der Waals surface area contributed by atoms with Crippen LogP contribution >= 0.6 is 0 Å². The Hall–Kier alpha value is -0.770. The first-order valence-electron chi connectivity index (χ1n) is 7.01. The summed E-state index contributed by atoms with van der Waals surface area (Å²) in [5, 5.41) is 0. The smallest absolute Gasteiger partial charge is 0.320 e. The highest BCUT2D eigenvalue weighted by Gasteiger charge is 2.36. The molecule has 2 atom stereocenters. The van der Waals surface area contributed by atoms with E-state index in [0.29, 0.717) is 18.1 Å². The lowest BCUT2D eigenvalue weighted by Gasteiger charge is -2.31. The molecule has 106 valence electrons. The van der Waals surface area contributed by atoms with Crippen LogP contribution in [0.1, 0.15) is 41.0 Å². The summed E-state index contributed by atoms with van der Waals surface area (Å²) in [6.45, 7) is 11.5. The van der Waals surface area contributed by atoms with Crippen molar-refractivity contribution in [1.82, 2.24) is 14.7 Å². The zero-order valence-electron chi connectivity index (χ0n) is 13.0. The van der Waals surface area contributed by atoms with Crippen molar-refractivity contribution in [3.8, 4) is 0 Å². The standard InChI is InChI=1S/C14H29N3O/c1-10(2)15(6)13-8-12(5)17(9-13)14(18)16(7)11(3)4/h10-13H,8-9H2,1-7H3. The van der Waals surface area contributed by atoms with Crippen LogP contribution in [0, 0.1) is 0 Å². The van der Waals surface area contributed by atoms with Gasteiger partial charge in [-0.25, -0.2) is 4.79 Å². The summed E-state index contributed by atoms with van der Waals surface area (Å²) in [4.78, 5) is 18.6. The summed E-state index contributed by atoms with van der Waals surface area (Å²) in [5.74, 6) is 0. The molecule has 1 aliphatic rings. The van der Waals surface area contributed by atoms with Gasteiger partial charge in [-0.3, -0.25) is 4.90 Å². The van der Waals surface area contributed by atoms with Crippen LogP contribution < -0.4 is 0 Å². The number of likely N-dealkylation sites (tertiary alicyclic amines) is 1. The van der Waals surface area contributed by atoms with Gasteiger partial charge in [0.15, 0.2) is 0 Å². The molecule has 0 aromatic heterocycles. The van der Waals surface area contributed by atoms with E-state index >= 15 is 0 Å². The molecule has 0 aliphatic carbocycles. The largest absolute Gasteiger partial charge is 0.325 e. The maximum atomic E-state index is 12.4. The molecule has 1 heterocycles. The number of hydrogen-bond acceptors (Lipinski definition) is 2. The number of carbonyl (C=O) groups excluding carboxylic acids is 1. The SMILES string of the molecule is CC(C)N(C)C(=O)N1CC(N(C)C(C)C)CC1C. The van der Waals surface area contributed by atoms with E-state index in [4.69, 9.17) is 0 Å². The monoisotopic (exact) mass is 255 g/mol. The Morgan fingerprint density at radius 1 is 1.17 bits per heavy atom. The third kappa shape index (κ3) is 3.16. The van der Waals surface area contributed by atoms with Crippen LogP contribution in [0.5, 0.6) is 0 Å². The van der Waals surface area contributed by atoms with Gasteiger partial charge >= 0.3 is 6.03 Å². The molecule has 2 amide bonds. The van der Waals surface area contributed by atoms with E-state index in [2.05, 4.69) is 46.6 Å². The van der Waals surface area contributed by atoms with Gasteiger partial charge in [-0.1, -0.05) is 0 Å². The third-order valence-electron chi connectivity index (χ3n) is 4.27. The molecule has 1 aliphatic heterocycles. The summed E-state index contributed by atoms with van der Waals surface area (Å²) in [7, 11) is 4.04. The summed E-state index contributed by atoms with van der Waals surface area (Å²) in [6.07, 6.45) is 1.08. The first-order valence-corrected chi connectivity index (χ1v) is 7.01. The topological polar surface area (TPSA) is 26.8 Å². The average molecular weight is 255 g/mol. The lowest BCUT2D eigenvalue weighted by molar-refractivity contribution is 0.144. The van der Waals surface area contributed by atoms with Crippen LogP contribution in [0.2, 0.25) is 0 Å². The Labute approximate surface area is 112 Å². The number of amides is 2. The van der Waals surface area contributed by atoms with Crippen LogP contribution in [-0.2, 0) is 0 Å². The van der Waals surface area contributed by atoms with Crippen LogP contribution in [-0.4, -0.2) is 65.5 Å². The van der Waals surface area contributed by atoms with Crippen LogP contribution in [0.4, 0.5) is 4.79 Å². The van der Waals surface area contributed by atoms with Gasteiger partial charge in [-0.15, -0.1) is 0 Å². The molecular formula is C14H29N3O. The predicted molar refractivity (Wildman–Crippen MR) is 75.8 cm³/mol. The fraction of sp³-hybridized carbons (Fsp3) is 0.929. The molecule has 4 heteroatoms. The second-order valence-electron chi connectivity index (χ2n) is 6.14. The molecule has 0 radical (unpaired) electrons. The molecular weight excluding hydrogens is 226 g/mol. The molecule has 0 aromatic rings. The second-order valence-corrected chi connectivity index (χ2v) is 6.14. The van der Waals surface area contributed by atoms with E-state index in [1.807, 2.05) is 16.8 Å². The molecule has 18 heavy (non-hydrogen) atoms. The van der Waals surface area contributed by atoms with E-state index in [-0.39, 0.29) is 12.1 Å². The minimum absolute atomic E-state index is 0.164. The fourth-order valence-corrected chi connectivity index (χ4v) is 2.41. The van der Waals surface area contributed by atoms with Gasteiger partial charge in [-0.2, -0.15) is 0 Å². The van der Waals surface area contributed by atoms with Crippen LogP contribution in [0.15, 0.2) is 0 Å². The highest BCUT2D eigenvalue weighted by molar-refractivity contribution is 5.75. The van der Waals surface area contributed by atoms with Crippen molar-refractivity contribution in [3.63, 3.8) is 0 Å². The molecule has 1 fully saturated rings. The van der Waals surface area contributed by atoms with Crippen molar-refractivity contribution >= 4 is 6.03 Å². The molecule has 0 spiro atoms. The van der Waals surface area contributed by atoms with Crippen LogP contribution in [0.25, 0.3) is 0 Å². The normalized spacial score (nSPS) is 24.4. The summed E-state index contributed by atoms with van der Waals surface area (Å²) in [6, 6.07) is 1.78.